The molecule has 1 atom stereocenters. The molecule has 1 N–H and O–H groups in total. The monoisotopic (exact) mass is 320 g/mol. The maximum Gasteiger partial charge on any atom is 0.0645 e. The zero-order valence-corrected chi connectivity index (χ0v) is 14.3. The van der Waals surface area contributed by atoms with Crippen molar-refractivity contribution in [2.45, 2.75) is 12.6 Å². The average molecular weight is 320 g/mol. The van der Waals surface area contributed by atoms with Gasteiger partial charge >= 0.3 is 0 Å². The van der Waals surface area contributed by atoms with Gasteiger partial charge in [0, 0.05) is 30.9 Å². The highest BCUT2D eigenvalue weighted by Crippen LogP contribution is 2.15. The molecule has 124 valence electrons. The molecule has 0 aliphatic rings. The largest absolute Gasteiger partial charge is 0.308 e. The van der Waals surface area contributed by atoms with E-state index in [0.29, 0.717) is 6.04 Å². The molecule has 0 amide bonds. The van der Waals surface area contributed by atoms with Gasteiger partial charge in [0.05, 0.1) is 11.9 Å². The van der Waals surface area contributed by atoms with Crippen LogP contribution in [0.3, 0.4) is 0 Å². The summed E-state index contributed by atoms with van der Waals surface area (Å²) in [7, 11) is 4.20. The Morgan fingerprint density at radius 2 is 1.67 bits per heavy atom. The van der Waals surface area contributed by atoms with Gasteiger partial charge in [0.1, 0.15) is 0 Å². The van der Waals surface area contributed by atoms with Crippen LogP contribution in [0.5, 0.6) is 0 Å². The Hall–Kier alpha value is -2.43. The first kappa shape index (κ1) is 16.4. The minimum absolute atomic E-state index is 0.293. The molecule has 0 saturated carbocycles. The lowest BCUT2D eigenvalue weighted by atomic mass is 10.1. The number of nitrogens with one attached hydrogen (secondary N) is 1. The molecule has 1 aromatic heterocycles. The van der Waals surface area contributed by atoms with Crippen LogP contribution in [0.25, 0.3) is 5.69 Å². The van der Waals surface area contributed by atoms with Gasteiger partial charge in [-0.25, -0.2) is 4.68 Å². The minimum Gasteiger partial charge on any atom is -0.308 e. The van der Waals surface area contributed by atoms with E-state index in [4.69, 9.17) is 0 Å². The molecule has 0 unspecified atom stereocenters. The van der Waals surface area contributed by atoms with E-state index in [0.717, 1.165) is 18.8 Å². The van der Waals surface area contributed by atoms with Gasteiger partial charge in [0.15, 0.2) is 0 Å². The molecule has 24 heavy (non-hydrogen) atoms. The number of nitrogens with zero attached hydrogens (tertiary/aromatic N) is 3. The van der Waals surface area contributed by atoms with Gasteiger partial charge in [-0.05, 0) is 31.8 Å². The van der Waals surface area contributed by atoms with E-state index in [1.165, 1.54) is 11.1 Å². The maximum absolute atomic E-state index is 4.46. The lowest BCUT2D eigenvalue weighted by Gasteiger charge is -2.22. The highest BCUT2D eigenvalue weighted by atomic mass is 15.3. The molecule has 0 saturated heterocycles. The van der Waals surface area contributed by atoms with Crippen molar-refractivity contribution in [3.63, 3.8) is 0 Å². The molecular weight excluding hydrogens is 296 g/mol. The average Bonchev–Trinajstić information content (AvgIpc) is 3.09. The van der Waals surface area contributed by atoms with Gasteiger partial charge in [0.2, 0.25) is 0 Å². The molecule has 0 aliphatic heterocycles. The van der Waals surface area contributed by atoms with E-state index >= 15 is 0 Å². The van der Waals surface area contributed by atoms with Crippen molar-refractivity contribution in [3.8, 4) is 5.69 Å². The number of likely N-dealkylation sites (N-methyl/N-ethyl adjacent to an activating group) is 1. The Morgan fingerprint density at radius 1 is 1.00 bits per heavy atom. The Labute approximate surface area is 143 Å². The fraction of sp³-hybridized carbons (Fsp3) is 0.250. The van der Waals surface area contributed by atoms with E-state index < -0.39 is 0 Å². The predicted octanol–water partition coefficient (Wildman–Crippen LogP) is 3.26. The first-order valence-electron chi connectivity index (χ1n) is 8.24. The summed E-state index contributed by atoms with van der Waals surface area (Å²) >= 11 is 0. The number of benzene rings is 2. The van der Waals surface area contributed by atoms with Crippen LogP contribution in [0.2, 0.25) is 0 Å². The zero-order valence-electron chi connectivity index (χ0n) is 14.3. The van der Waals surface area contributed by atoms with Crippen molar-refractivity contribution < 1.29 is 0 Å². The first-order valence-corrected chi connectivity index (χ1v) is 8.24. The molecule has 0 aliphatic carbocycles. The van der Waals surface area contributed by atoms with Gasteiger partial charge in [-0.2, -0.15) is 5.10 Å². The van der Waals surface area contributed by atoms with Crippen LogP contribution in [0.1, 0.15) is 17.2 Å². The standard InChI is InChI=1S/C20H24N4/c1-23(2)16-20(18-9-5-3-6-10-18)21-13-17-14-22-24(15-17)19-11-7-4-8-12-19/h3-12,14-15,20-21H,13,16H2,1-2H3/t20-/m1/s1. The summed E-state index contributed by atoms with van der Waals surface area (Å²) < 4.78 is 1.92. The van der Waals surface area contributed by atoms with Crippen LogP contribution in [-0.2, 0) is 6.54 Å². The van der Waals surface area contributed by atoms with Crippen molar-refractivity contribution in [2.24, 2.45) is 0 Å². The van der Waals surface area contributed by atoms with Crippen LogP contribution in [0, 0.1) is 0 Å². The molecule has 0 spiro atoms. The van der Waals surface area contributed by atoms with Gasteiger partial charge in [0.25, 0.3) is 0 Å². The molecular formula is C20H24N4. The normalized spacial score (nSPS) is 12.5. The summed E-state index contributed by atoms with van der Waals surface area (Å²) in [6.07, 6.45) is 4.01. The Kier molecular flexibility index (Phi) is 5.41. The lowest BCUT2D eigenvalue weighted by Crippen LogP contribution is -2.30. The molecule has 0 fully saturated rings. The van der Waals surface area contributed by atoms with Crippen molar-refractivity contribution in [2.75, 3.05) is 20.6 Å². The number of hydrogen-bond donors (Lipinski definition) is 1. The van der Waals surface area contributed by atoms with E-state index in [9.17, 15) is 0 Å². The SMILES string of the molecule is CN(C)C[C@@H](NCc1cnn(-c2ccccc2)c1)c1ccccc1. The van der Waals surface area contributed by atoms with Crippen molar-refractivity contribution >= 4 is 0 Å². The first-order chi connectivity index (χ1) is 11.7. The second-order valence-corrected chi connectivity index (χ2v) is 6.24. The van der Waals surface area contributed by atoms with Gasteiger partial charge in [-0.15, -0.1) is 0 Å². The zero-order chi connectivity index (χ0) is 16.8. The number of aromatic nitrogens is 2. The minimum atomic E-state index is 0.293. The molecule has 3 aromatic rings. The summed E-state index contributed by atoms with van der Waals surface area (Å²) in [5.41, 5.74) is 3.57. The van der Waals surface area contributed by atoms with E-state index in [2.05, 4.69) is 78.1 Å². The summed E-state index contributed by atoms with van der Waals surface area (Å²) in [5, 5.41) is 8.12. The smallest absolute Gasteiger partial charge is 0.0645 e. The predicted molar refractivity (Wildman–Crippen MR) is 98.1 cm³/mol. The van der Waals surface area contributed by atoms with Crippen LogP contribution < -0.4 is 5.32 Å². The number of para-hydroxylation sites is 1. The third-order valence-corrected chi connectivity index (χ3v) is 3.96. The summed E-state index contributed by atoms with van der Waals surface area (Å²) in [4.78, 5) is 2.21. The van der Waals surface area contributed by atoms with Gasteiger partial charge < -0.3 is 10.2 Å². The molecule has 2 aromatic carbocycles. The second-order valence-electron chi connectivity index (χ2n) is 6.24. The fourth-order valence-electron chi connectivity index (χ4n) is 2.75. The van der Waals surface area contributed by atoms with Crippen molar-refractivity contribution in [1.29, 1.82) is 0 Å². The van der Waals surface area contributed by atoms with Crippen LogP contribution in [0.15, 0.2) is 73.1 Å². The Morgan fingerprint density at radius 3 is 2.33 bits per heavy atom. The van der Waals surface area contributed by atoms with E-state index in [1.54, 1.807) is 0 Å². The fourth-order valence-corrected chi connectivity index (χ4v) is 2.75. The third kappa shape index (κ3) is 4.31. The second kappa shape index (κ2) is 7.90. The summed E-state index contributed by atoms with van der Waals surface area (Å²) in [5.74, 6) is 0. The van der Waals surface area contributed by atoms with E-state index in [-0.39, 0.29) is 0 Å². The molecule has 0 radical (unpaired) electrons. The summed E-state index contributed by atoms with van der Waals surface area (Å²) in [6.45, 7) is 1.75. The molecule has 0 bridgehead atoms. The quantitative estimate of drug-likeness (QED) is 0.725. The topological polar surface area (TPSA) is 33.1 Å². The third-order valence-electron chi connectivity index (χ3n) is 3.96. The van der Waals surface area contributed by atoms with Crippen LogP contribution in [-0.4, -0.2) is 35.3 Å². The Balaban J connectivity index is 1.68. The molecule has 1 heterocycles. The lowest BCUT2D eigenvalue weighted by molar-refractivity contribution is 0.340. The van der Waals surface area contributed by atoms with E-state index in [1.807, 2.05) is 29.1 Å². The highest BCUT2D eigenvalue weighted by Gasteiger charge is 2.12. The van der Waals surface area contributed by atoms with Crippen LogP contribution in [0.4, 0.5) is 0 Å². The molecule has 3 rings (SSSR count). The van der Waals surface area contributed by atoms with Gasteiger partial charge in [-0.1, -0.05) is 48.5 Å². The van der Waals surface area contributed by atoms with Crippen LogP contribution >= 0.6 is 0 Å². The van der Waals surface area contributed by atoms with Crippen molar-refractivity contribution in [1.82, 2.24) is 20.0 Å². The molecule has 4 nitrogen and oxygen atoms in total. The van der Waals surface area contributed by atoms with Crippen molar-refractivity contribution in [3.05, 3.63) is 84.2 Å². The highest BCUT2D eigenvalue weighted by molar-refractivity contribution is 5.31. The Bertz CT molecular complexity index is 735. The number of rotatable bonds is 7. The summed E-state index contributed by atoms with van der Waals surface area (Å²) in [6, 6.07) is 21.1. The van der Waals surface area contributed by atoms with Gasteiger partial charge in [-0.3, -0.25) is 0 Å². The maximum atomic E-state index is 4.46. The molecule has 4 heteroatoms. The number of hydrogen-bond acceptors (Lipinski definition) is 3.